The predicted molar refractivity (Wildman–Crippen MR) is 112 cm³/mol. The summed E-state index contributed by atoms with van der Waals surface area (Å²) in [5.74, 6) is -0.290. The van der Waals surface area contributed by atoms with Crippen LogP contribution in [-0.4, -0.2) is 32.7 Å². The fraction of sp³-hybridized carbons (Fsp3) is 0.136. The average molecular weight is 394 g/mol. The van der Waals surface area contributed by atoms with Crippen LogP contribution in [0.15, 0.2) is 77.7 Å². The summed E-state index contributed by atoms with van der Waals surface area (Å²) >= 11 is 0. The molecule has 0 fully saturated rings. The van der Waals surface area contributed by atoms with Crippen molar-refractivity contribution in [1.29, 1.82) is 0 Å². The van der Waals surface area contributed by atoms with Gasteiger partial charge in [-0.2, -0.15) is 0 Å². The molecule has 0 aliphatic carbocycles. The van der Waals surface area contributed by atoms with E-state index < -0.39 is 10.0 Å². The van der Waals surface area contributed by atoms with Crippen LogP contribution >= 0.6 is 0 Å². The second kappa shape index (κ2) is 7.96. The summed E-state index contributed by atoms with van der Waals surface area (Å²) in [6, 6.07) is 21.9. The lowest BCUT2D eigenvalue weighted by molar-refractivity contribution is 0.102. The summed E-state index contributed by atoms with van der Waals surface area (Å²) in [6.45, 7) is 1.82. The third-order valence-electron chi connectivity index (χ3n) is 4.49. The molecule has 0 aliphatic heterocycles. The Labute approximate surface area is 165 Å². The van der Waals surface area contributed by atoms with Crippen LogP contribution < -0.4 is 5.32 Å². The van der Waals surface area contributed by atoms with E-state index >= 15 is 0 Å². The van der Waals surface area contributed by atoms with Gasteiger partial charge in [0.05, 0.1) is 4.90 Å². The largest absolute Gasteiger partial charge is 0.322 e. The molecule has 5 nitrogen and oxygen atoms in total. The molecule has 6 heteroatoms. The molecule has 0 bridgehead atoms. The summed E-state index contributed by atoms with van der Waals surface area (Å²) < 4.78 is 25.8. The van der Waals surface area contributed by atoms with Crippen molar-refractivity contribution in [2.75, 3.05) is 19.4 Å². The molecule has 1 N–H and O–H groups in total. The molecule has 0 spiro atoms. The first-order valence-corrected chi connectivity index (χ1v) is 10.2. The summed E-state index contributed by atoms with van der Waals surface area (Å²) in [6.07, 6.45) is 0. The minimum atomic E-state index is -3.57. The number of sulfonamides is 1. The summed E-state index contributed by atoms with van der Waals surface area (Å²) in [7, 11) is -0.623. The van der Waals surface area contributed by atoms with Crippen molar-refractivity contribution in [3.8, 4) is 11.1 Å². The van der Waals surface area contributed by atoms with Gasteiger partial charge in [0.1, 0.15) is 0 Å². The van der Waals surface area contributed by atoms with Crippen molar-refractivity contribution in [2.45, 2.75) is 11.8 Å². The molecule has 0 atom stereocenters. The number of carbonyl (C=O) groups excluding carboxylic acids is 1. The van der Waals surface area contributed by atoms with Crippen LogP contribution in [0.4, 0.5) is 5.69 Å². The molecular weight excluding hydrogens is 372 g/mol. The first-order valence-electron chi connectivity index (χ1n) is 8.79. The maximum absolute atomic E-state index is 12.6. The quantitative estimate of drug-likeness (QED) is 0.706. The predicted octanol–water partition coefficient (Wildman–Crippen LogP) is 4.16. The van der Waals surface area contributed by atoms with Gasteiger partial charge in [-0.15, -0.1) is 0 Å². The van der Waals surface area contributed by atoms with Gasteiger partial charge in [0.15, 0.2) is 0 Å². The van der Waals surface area contributed by atoms with E-state index in [1.807, 2.05) is 49.4 Å². The number of anilines is 1. The minimum absolute atomic E-state index is 0.137. The number of aryl methyl sites for hydroxylation is 1. The highest BCUT2D eigenvalue weighted by Gasteiger charge is 2.19. The smallest absolute Gasteiger partial charge is 0.255 e. The third kappa shape index (κ3) is 4.13. The molecule has 3 aromatic carbocycles. The maximum atomic E-state index is 12.6. The van der Waals surface area contributed by atoms with Crippen LogP contribution in [0.1, 0.15) is 15.9 Å². The molecule has 0 saturated heterocycles. The Hall–Kier alpha value is -2.96. The zero-order valence-electron chi connectivity index (χ0n) is 16.0. The van der Waals surface area contributed by atoms with Gasteiger partial charge in [-0.3, -0.25) is 4.79 Å². The van der Waals surface area contributed by atoms with Crippen molar-refractivity contribution >= 4 is 21.6 Å². The summed E-state index contributed by atoms with van der Waals surface area (Å²) in [5, 5.41) is 2.82. The highest BCUT2D eigenvalue weighted by molar-refractivity contribution is 7.89. The van der Waals surface area contributed by atoms with Gasteiger partial charge in [0.2, 0.25) is 10.0 Å². The fourth-order valence-corrected chi connectivity index (χ4v) is 3.67. The SMILES string of the molecule is Cc1ccc(S(=O)(=O)N(C)C)cc1NC(=O)c1ccc(-c2ccccc2)cc1. The first-order chi connectivity index (χ1) is 13.3. The van der Waals surface area contributed by atoms with E-state index in [0.29, 0.717) is 11.3 Å². The fourth-order valence-electron chi connectivity index (χ4n) is 2.75. The average Bonchev–Trinajstić information content (AvgIpc) is 2.70. The van der Waals surface area contributed by atoms with E-state index in [9.17, 15) is 13.2 Å². The zero-order chi connectivity index (χ0) is 20.3. The Morgan fingerprint density at radius 1 is 0.857 bits per heavy atom. The normalized spacial score (nSPS) is 11.4. The second-order valence-electron chi connectivity index (χ2n) is 6.66. The number of amides is 1. The van der Waals surface area contributed by atoms with E-state index in [4.69, 9.17) is 0 Å². The maximum Gasteiger partial charge on any atom is 0.255 e. The van der Waals surface area contributed by atoms with Gasteiger partial charge < -0.3 is 5.32 Å². The lowest BCUT2D eigenvalue weighted by Gasteiger charge is -2.14. The van der Waals surface area contributed by atoms with E-state index in [2.05, 4.69) is 5.32 Å². The van der Waals surface area contributed by atoms with Crippen molar-refractivity contribution in [3.63, 3.8) is 0 Å². The Morgan fingerprint density at radius 2 is 1.46 bits per heavy atom. The van der Waals surface area contributed by atoms with Crippen molar-refractivity contribution < 1.29 is 13.2 Å². The van der Waals surface area contributed by atoms with E-state index in [-0.39, 0.29) is 10.8 Å². The molecular formula is C22H22N2O3S. The van der Waals surface area contributed by atoms with Gasteiger partial charge >= 0.3 is 0 Å². The molecule has 0 saturated carbocycles. The van der Waals surface area contributed by atoms with E-state index in [1.165, 1.54) is 26.2 Å². The van der Waals surface area contributed by atoms with Crippen LogP contribution in [0.5, 0.6) is 0 Å². The first kappa shape index (κ1) is 19.8. The van der Waals surface area contributed by atoms with Crippen molar-refractivity contribution in [3.05, 3.63) is 83.9 Å². The zero-order valence-corrected chi connectivity index (χ0v) is 16.8. The van der Waals surface area contributed by atoms with Gasteiger partial charge in [-0.25, -0.2) is 12.7 Å². The lowest BCUT2D eigenvalue weighted by atomic mass is 10.0. The number of rotatable bonds is 5. The van der Waals surface area contributed by atoms with E-state index in [0.717, 1.165) is 21.0 Å². The Morgan fingerprint density at radius 3 is 2.07 bits per heavy atom. The molecule has 3 rings (SSSR count). The molecule has 0 heterocycles. The van der Waals surface area contributed by atoms with Gasteiger partial charge in [-0.05, 0) is 47.9 Å². The molecule has 3 aromatic rings. The molecule has 0 aromatic heterocycles. The molecule has 0 unspecified atom stereocenters. The lowest BCUT2D eigenvalue weighted by Crippen LogP contribution is -2.22. The molecule has 1 amide bonds. The Kier molecular flexibility index (Phi) is 5.63. The third-order valence-corrected chi connectivity index (χ3v) is 6.30. The molecule has 0 aliphatic rings. The van der Waals surface area contributed by atoms with Crippen molar-refractivity contribution in [2.24, 2.45) is 0 Å². The van der Waals surface area contributed by atoms with Crippen LogP contribution in [-0.2, 0) is 10.0 Å². The van der Waals surface area contributed by atoms with Crippen LogP contribution in [0.2, 0.25) is 0 Å². The van der Waals surface area contributed by atoms with Gasteiger partial charge in [0, 0.05) is 25.3 Å². The Balaban J connectivity index is 1.83. The number of nitrogens with one attached hydrogen (secondary N) is 1. The highest BCUT2D eigenvalue weighted by atomic mass is 32.2. The number of benzene rings is 3. The number of hydrogen-bond donors (Lipinski definition) is 1. The summed E-state index contributed by atoms with van der Waals surface area (Å²) in [4.78, 5) is 12.8. The van der Waals surface area contributed by atoms with Crippen molar-refractivity contribution in [1.82, 2.24) is 4.31 Å². The van der Waals surface area contributed by atoms with Gasteiger partial charge in [0.25, 0.3) is 5.91 Å². The number of nitrogens with zero attached hydrogens (tertiary/aromatic N) is 1. The highest BCUT2D eigenvalue weighted by Crippen LogP contribution is 2.23. The minimum Gasteiger partial charge on any atom is -0.322 e. The molecule has 0 radical (unpaired) electrons. The van der Waals surface area contributed by atoms with Crippen LogP contribution in [0, 0.1) is 6.92 Å². The molecule has 144 valence electrons. The monoisotopic (exact) mass is 394 g/mol. The van der Waals surface area contributed by atoms with Crippen LogP contribution in [0.3, 0.4) is 0 Å². The number of carbonyl (C=O) groups is 1. The second-order valence-corrected chi connectivity index (χ2v) is 8.81. The molecule has 28 heavy (non-hydrogen) atoms. The van der Waals surface area contributed by atoms with E-state index in [1.54, 1.807) is 18.2 Å². The topological polar surface area (TPSA) is 66.5 Å². The number of hydrogen-bond acceptors (Lipinski definition) is 3. The van der Waals surface area contributed by atoms with Gasteiger partial charge in [-0.1, -0.05) is 48.5 Å². The Bertz CT molecular complexity index is 1090. The standard InChI is InChI=1S/C22H22N2O3S/c1-16-9-14-20(28(26,27)24(2)3)15-21(16)23-22(25)19-12-10-18(11-13-19)17-7-5-4-6-8-17/h4-15H,1-3H3,(H,23,25). The summed E-state index contributed by atoms with van der Waals surface area (Å²) in [5.41, 5.74) is 3.85. The van der Waals surface area contributed by atoms with Crippen LogP contribution in [0.25, 0.3) is 11.1 Å².